The van der Waals surface area contributed by atoms with E-state index >= 15 is 0 Å². The Morgan fingerprint density at radius 2 is 1.94 bits per heavy atom. The van der Waals surface area contributed by atoms with Crippen LogP contribution in [0.5, 0.6) is 0 Å². The highest BCUT2D eigenvalue weighted by Gasteiger charge is 2.30. The van der Waals surface area contributed by atoms with Gasteiger partial charge in [-0.2, -0.15) is 0 Å². The molecule has 1 aromatic carbocycles. The van der Waals surface area contributed by atoms with Crippen LogP contribution < -0.4 is 0 Å². The molecule has 88 valence electrons. The zero-order valence-corrected chi connectivity index (χ0v) is 9.42. The lowest BCUT2D eigenvalue weighted by Gasteiger charge is -2.15. The van der Waals surface area contributed by atoms with Gasteiger partial charge < -0.3 is 10.2 Å². The van der Waals surface area contributed by atoms with E-state index in [0.29, 0.717) is 6.42 Å². The van der Waals surface area contributed by atoms with Gasteiger partial charge in [-0.1, -0.05) is 30.3 Å². The first-order valence-corrected chi connectivity index (χ1v) is 5.85. The summed E-state index contributed by atoms with van der Waals surface area (Å²) >= 11 is 0. The van der Waals surface area contributed by atoms with Crippen molar-refractivity contribution in [2.45, 2.75) is 19.1 Å². The van der Waals surface area contributed by atoms with Gasteiger partial charge in [0.15, 0.2) is 0 Å². The molecule has 0 saturated carbocycles. The van der Waals surface area contributed by atoms with E-state index in [1.54, 1.807) is 0 Å². The van der Waals surface area contributed by atoms with Gasteiger partial charge in [0.25, 0.3) is 0 Å². The highest BCUT2D eigenvalue weighted by molar-refractivity contribution is 5.14. The molecule has 3 heteroatoms. The standard InChI is InChI=1S/C13H19NO2/c15-7-6-12-9-14(10-13(12)16)8-11-4-2-1-3-5-11/h1-5,12-13,15-16H,6-10H2. The number of likely N-dealkylation sites (tertiary alicyclic amines) is 1. The summed E-state index contributed by atoms with van der Waals surface area (Å²) in [6, 6.07) is 10.3. The lowest BCUT2D eigenvalue weighted by Crippen LogP contribution is -2.21. The predicted molar refractivity (Wildman–Crippen MR) is 62.9 cm³/mol. The second-order valence-corrected chi connectivity index (χ2v) is 4.52. The average molecular weight is 221 g/mol. The second-order valence-electron chi connectivity index (χ2n) is 4.52. The van der Waals surface area contributed by atoms with E-state index in [9.17, 15) is 5.11 Å². The number of β-amino-alcohol motifs (C(OH)–C–C–N with tert-alkyl or cyclic N) is 1. The summed E-state index contributed by atoms with van der Waals surface area (Å²) in [6.07, 6.45) is 0.419. The fraction of sp³-hybridized carbons (Fsp3) is 0.538. The molecule has 2 unspecified atom stereocenters. The molecule has 3 nitrogen and oxygen atoms in total. The number of aliphatic hydroxyl groups excluding tert-OH is 2. The lowest BCUT2D eigenvalue weighted by molar-refractivity contribution is 0.124. The maximum absolute atomic E-state index is 9.82. The third-order valence-electron chi connectivity index (χ3n) is 3.23. The monoisotopic (exact) mass is 221 g/mol. The molecule has 16 heavy (non-hydrogen) atoms. The number of rotatable bonds is 4. The van der Waals surface area contributed by atoms with E-state index in [2.05, 4.69) is 17.0 Å². The van der Waals surface area contributed by atoms with Crippen LogP contribution in [0.2, 0.25) is 0 Å². The van der Waals surface area contributed by atoms with Gasteiger partial charge >= 0.3 is 0 Å². The van der Waals surface area contributed by atoms with Crippen LogP contribution in [-0.4, -0.2) is 40.9 Å². The maximum Gasteiger partial charge on any atom is 0.0708 e. The van der Waals surface area contributed by atoms with E-state index in [4.69, 9.17) is 5.11 Å². The highest BCUT2D eigenvalue weighted by Crippen LogP contribution is 2.21. The van der Waals surface area contributed by atoms with Crippen molar-refractivity contribution >= 4 is 0 Å². The molecule has 1 heterocycles. The maximum atomic E-state index is 9.82. The van der Waals surface area contributed by atoms with Crippen molar-refractivity contribution in [1.29, 1.82) is 0 Å². The Hall–Kier alpha value is -0.900. The van der Waals surface area contributed by atoms with Crippen molar-refractivity contribution in [2.75, 3.05) is 19.7 Å². The topological polar surface area (TPSA) is 43.7 Å². The van der Waals surface area contributed by atoms with Crippen LogP contribution in [0.1, 0.15) is 12.0 Å². The van der Waals surface area contributed by atoms with E-state index in [1.807, 2.05) is 18.2 Å². The molecule has 0 spiro atoms. The van der Waals surface area contributed by atoms with Crippen LogP contribution in [-0.2, 0) is 6.54 Å². The van der Waals surface area contributed by atoms with Gasteiger partial charge in [0.2, 0.25) is 0 Å². The van der Waals surface area contributed by atoms with Gasteiger partial charge in [0.05, 0.1) is 6.10 Å². The first kappa shape index (κ1) is 11.6. The normalized spacial score (nSPS) is 26.1. The quantitative estimate of drug-likeness (QED) is 0.792. The van der Waals surface area contributed by atoms with Gasteiger partial charge in [-0.05, 0) is 12.0 Å². The van der Waals surface area contributed by atoms with E-state index in [0.717, 1.165) is 19.6 Å². The van der Waals surface area contributed by atoms with Crippen LogP contribution >= 0.6 is 0 Å². The zero-order chi connectivity index (χ0) is 11.4. The van der Waals surface area contributed by atoms with E-state index < -0.39 is 0 Å². The van der Waals surface area contributed by atoms with Crippen molar-refractivity contribution in [3.8, 4) is 0 Å². The first-order chi connectivity index (χ1) is 7.79. The Morgan fingerprint density at radius 1 is 1.19 bits per heavy atom. The molecule has 1 aromatic rings. The molecule has 1 aliphatic rings. The zero-order valence-electron chi connectivity index (χ0n) is 9.42. The molecule has 0 amide bonds. The highest BCUT2D eigenvalue weighted by atomic mass is 16.3. The Morgan fingerprint density at radius 3 is 2.62 bits per heavy atom. The average Bonchev–Trinajstić information content (AvgIpc) is 2.61. The van der Waals surface area contributed by atoms with Crippen LogP contribution in [0, 0.1) is 5.92 Å². The second kappa shape index (κ2) is 5.43. The third-order valence-corrected chi connectivity index (χ3v) is 3.23. The molecule has 1 aliphatic heterocycles. The van der Waals surface area contributed by atoms with Crippen LogP contribution in [0.4, 0.5) is 0 Å². The predicted octanol–water partition coefficient (Wildman–Crippen LogP) is 0.862. The van der Waals surface area contributed by atoms with Gasteiger partial charge in [-0.3, -0.25) is 4.90 Å². The minimum atomic E-state index is -0.282. The number of benzene rings is 1. The third kappa shape index (κ3) is 2.82. The molecule has 2 rings (SSSR count). The van der Waals surface area contributed by atoms with Gasteiger partial charge in [0, 0.05) is 32.2 Å². The van der Waals surface area contributed by atoms with Gasteiger partial charge in [-0.15, -0.1) is 0 Å². The van der Waals surface area contributed by atoms with Crippen molar-refractivity contribution in [2.24, 2.45) is 5.92 Å². The fourth-order valence-corrected chi connectivity index (χ4v) is 2.36. The van der Waals surface area contributed by atoms with Crippen molar-refractivity contribution in [3.63, 3.8) is 0 Å². The number of hydrogen-bond acceptors (Lipinski definition) is 3. The van der Waals surface area contributed by atoms with Crippen LogP contribution in [0.15, 0.2) is 30.3 Å². The van der Waals surface area contributed by atoms with Crippen molar-refractivity contribution in [3.05, 3.63) is 35.9 Å². The number of nitrogens with zero attached hydrogens (tertiary/aromatic N) is 1. The summed E-state index contributed by atoms with van der Waals surface area (Å²) in [5, 5.41) is 18.7. The molecule has 0 radical (unpaired) electrons. The largest absolute Gasteiger partial charge is 0.396 e. The summed E-state index contributed by atoms with van der Waals surface area (Å²) < 4.78 is 0. The number of hydrogen-bond donors (Lipinski definition) is 2. The SMILES string of the molecule is OCCC1CN(Cc2ccccc2)CC1O. The molecule has 1 saturated heterocycles. The molecule has 2 atom stereocenters. The Bertz CT molecular complexity index is 315. The lowest BCUT2D eigenvalue weighted by atomic mass is 10.0. The molecule has 0 bridgehead atoms. The summed E-state index contributed by atoms with van der Waals surface area (Å²) in [4.78, 5) is 2.25. The molecular weight excluding hydrogens is 202 g/mol. The molecule has 0 aromatic heterocycles. The summed E-state index contributed by atoms with van der Waals surface area (Å²) in [7, 11) is 0. The molecule has 1 fully saturated rings. The van der Waals surface area contributed by atoms with E-state index in [1.165, 1.54) is 5.56 Å². The summed E-state index contributed by atoms with van der Waals surface area (Å²) in [6.45, 7) is 2.66. The minimum absolute atomic E-state index is 0.168. The summed E-state index contributed by atoms with van der Waals surface area (Å²) in [5.74, 6) is 0.230. The Kier molecular flexibility index (Phi) is 3.93. The molecular formula is C13H19NO2. The Labute approximate surface area is 96.3 Å². The number of aliphatic hydroxyl groups is 2. The summed E-state index contributed by atoms with van der Waals surface area (Å²) in [5.41, 5.74) is 1.28. The minimum Gasteiger partial charge on any atom is -0.396 e. The van der Waals surface area contributed by atoms with E-state index in [-0.39, 0.29) is 18.6 Å². The fourth-order valence-electron chi connectivity index (χ4n) is 2.36. The van der Waals surface area contributed by atoms with Crippen LogP contribution in [0.3, 0.4) is 0 Å². The van der Waals surface area contributed by atoms with Crippen LogP contribution in [0.25, 0.3) is 0 Å². The van der Waals surface area contributed by atoms with Gasteiger partial charge in [0.1, 0.15) is 0 Å². The molecule has 2 N–H and O–H groups in total. The smallest absolute Gasteiger partial charge is 0.0708 e. The van der Waals surface area contributed by atoms with Gasteiger partial charge in [-0.25, -0.2) is 0 Å². The molecule has 0 aliphatic carbocycles. The Balaban J connectivity index is 1.89. The first-order valence-electron chi connectivity index (χ1n) is 5.85. The van der Waals surface area contributed by atoms with Crippen molar-refractivity contribution in [1.82, 2.24) is 4.90 Å². The van der Waals surface area contributed by atoms with Crippen molar-refractivity contribution < 1.29 is 10.2 Å².